The number of hydrogen-bond donors (Lipinski definition) is 0. The Balaban J connectivity index is 2.18. The van der Waals surface area contributed by atoms with Crippen molar-refractivity contribution < 1.29 is 4.74 Å². The standard InChI is InChI=1S/C10H9NOS/c1-2-7-3-4-8-10(13-6-11-8)9(7)12-5-1/h1-2,6H,3-5H2. The lowest BCUT2D eigenvalue weighted by Crippen LogP contribution is -2.08. The van der Waals surface area contributed by atoms with Gasteiger partial charge >= 0.3 is 0 Å². The molecule has 2 heterocycles. The molecule has 0 bridgehead atoms. The first-order chi connectivity index (χ1) is 6.45. The second-order valence-electron chi connectivity index (χ2n) is 3.20. The summed E-state index contributed by atoms with van der Waals surface area (Å²) in [4.78, 5) is 5.57. The lowest BCUT2D eigenvalue weighted by atomic mass is 9.98. The van der Waals surface area contributed by atoms with Gasteiger partial charge in [0, 0.05) is 0 Å². The lowest BCUT2D eigenvalue weighted by molar-refractivity contribution is 0.311. The maximum Gasteiger partial charge on any atom is 0.142 e. The molecule has 1 aromatic heterocycles. The van der Waals surface area contributed by atoms with Gasteiger partial charge in [-0.05, 0) is 24.5 Å². The van der Waals surface area contributed by atoms with Crippen LogP contribution in [-0.2, 0) is 11.2 Å². The van der Waals surface area contributed by atoms with E-state index in [0.717, 1.165) is 18.6 Å². The van der Waals surface area contributed by atoms with Crippen LogP contribution in [0.5, 0.6) is 0 Å². The number of rotatable bonds is 0. The van der Waals surface area contributed by atoms with Gasteiger partial charge in [-0.2, -0.15) is 0 Å². The highest BCUT2D eigenvalue weighted by atomic mass is 32.1. The van der Waals surface area contributed by atoms with Gasteiger partial charge in [0.15, 0.2) is 0 Å². The minimum absolute atomic E-state index is 0.705. The van der Waals surface area contributed by atoms with Gasteiger partial charge in [0.2, 0.25) is 0 Å². The third-order valence-electron chi connectivity index (χ3n) is 2.41. The van der Waals surface area contributed by atoms with Crippen molar-refractivity contribution in [3.05, 3.63) is 33.8 Å². The molecule has 0 saturated heterocycles. The SMILES string of the molecule is C1=CC2=C(OC1)c1scnc1CC2. The van der Waals surface area contributed by atoms with Crippen molar-refractivity contribution in [2.75, 3.05) is 6.61 Å². The maximum atomic E-state index is 5.63. The summed E-state index contributed by atoms with van der Waals surface area (Å²) in [6.07, 6.45) is 6.39. The average molecular weight is 191 g/mol. The van der Waals surface area contributed by atoms with Crippen molar-refractivity contribution in [1.29, 1.82) is 0 Å². The lowest BCUT2D eigenvalue weighted by Gasteiger charge is -2.20. The van der Waals surface area contributed by atoms with Crippen LogP contribution < -0.4 is 0 Å². The van der Waals surface area contributed by atoms with Gasteiger partial charge in [0.05, 0.1) is 16.1 Å². The van der Waals surface area contributed by atoms with E-state index in [9.17, 15) is 0 Å². The number of ether oxygens (including phenoxy) is 1. The summed E-state index contributed by atoms with van der Waals surface area (Å²) in [7, 11) is 0. The molecule has 2 aliphatic rings. The Morgan fingerprint density at radius 3 is 3.38 bits per heavy atom. The number of hydrogen-bond acceptors (Lipinski definition) is 3. The third kappa shape index (κ3) is 1.04. The zero-order valence-corrected chi connectivity index (χ0v) is 7.93. The Bertz CT molecular complexity index is 403. The first kappa shape index (κ1) is 7.33. The van der Waals surface area contributed by atoms with Crippen molar-refractivity contribution in [3.63, 3.8) is 0 Å². The van der Waals surface area contributed by atoms with Crippen molar-refractivity contribution in [2.45, 2.75) is 12.8 Å². The monoisotopic (exact) mass is 191 g/mol. The second-order valence-corrected chi connectivity index (χ2v) is 4.05. The van der Waals surface area contributed by atoms with E-state index < -0.39 is 0 Å². The van der Waals surface area contributed by atoms with Gasteiger partial charge in [-0.25, -0.2) is 4.98 Å². The summed E-state index contributed by atoms with van der Waals surface area (Å²) in [6.45, 7) is 0.705. The Labute approximate surface area is 80.6 Å². The van der Waals surface area contributed by atoms with Crippen molar-refractivity contribution in [1.82, 2.24) is 4.98 Å². The smallest absolute Gasteiger partial charge is 0.142 e. The fourth-order valence-electron chi connectivity index (χ4n) is 1.78. The molecule has 0 N–H and O–H groups in total. The molecule has 1 aliphatic carbocycles. The van der Waals surface area contributed by atoms with E-state index in [2.05, 4.69) is 17.1 Å². The molecular weight excluding hydrogens is 182 g/mol. The molecule has 0 fully saturated rings. The van der Waals surface area contributed by atoms with Crippen LogP contribution in [0, 0.1) is 0 Å². The van der Waals surface area contributed by atoms with Gasteiger partial charge in [0.1, 0.15) is 12.4 Å². The Kier molecular flexibility index (Phi) is 1.52. The highest BCUT2D eigenvalue weighted by Crippen LogP contribution is 2.36. The van der Waals surface area contributed by atoms with E-state index in [1.807, 2.05) is 5.51 Å². The van der Waals surface area contributed by atoms with E-state index in [4.69, 9.17) is 4.74 Å². The second kappa shape index (κ2) is 2.70. The minimum atomic E-state index is 0.705. The van der Waals surface area contributed by atoms with Crippen LogP contribution >= 0.6 is 11.3 Å². The van der Waals surface area contributed by atoms with Crippen LogP contribution in [0.4, 0.5) is 0 Å². The molecule has 1 aromatic rings. The van der Waals surface area contributed by atoms with Crippen molar-refractivity contribution in [3.8, 4) is 0 Å². The number of nitrogens with zero attached hydrogens (tertiary/aromatic N) is 1. The van der Waals surface area contributed by atoms with Crippen LogP contribution in [0.15, 0.2) is 23.2 Å². The van der Waals surface area contributed by atoms with Gasteiger partial charge < -0.3 is 4.74 Å². The normalized spacial score (nSPS) is 19.4. The van der Waals surface area contributed by atoms with Gasteiger partial charge in [-0.3, -0.25) is 0 Å². The van der Waals surface area contributed by atoms with Gasteiger partial charge in [-0.1, -0.05) is 6.08 Å². The Hall–Kier alpha value is -1.09. The molecule has 0 saturated carbocycles. The van der Waals surface area contributed by atoms with E-state index in [0.29, 0.717) is 6.61 Å². The fraction of sp³-hybridized carbons (Fsp3) is 0.300. The molecule has 0 amide bonds. The average Bonchev–Trinajstić information content (AvgIpc) is 2.65. The van der Waals surface area contributed by atoms with Crippen LogP contribution in [0.1, 0.15) is 17.0 Å². The summed E-state index contributed by atoms with van der Waals surface area (Å²) in [5.74, 6) is 1.08. The van der Waals surface area contributed by atoms with E-state index >= 15 is 0 Å². The minimum Gasteiger partial charge on any atom is -0.488 e. The summed E-state index contributed by atoms with van der Waals surface area (Å²) >= 11 is 1.68. The van der Waals surface area contributed by atoms with Crippen LogP contribution in [0.25, 0.3) is 5.76 Å². The molecule has 1 aliphatic heterocycles. The first-order valence-electron chi connectivity index (χ1n) is 4.40. The third-order valence-corrected chi connectivity index (χ3v) is 3.28. The summed E-state index contributed by atoms with van der Waals surface area (Å²) in [6, 6.07) is 0. The number of thiazole rings is 1. The number of aromatic nitrogens is 1. The van der Waals surface area contributed by atoms with Crippen molar-refractivity contribution in [2.24, 2.45) is 0 Å². The molecule has 0 unspecified atom stereocenters. The number of allylic oxidation sites excluding steroid dienone is 2. The van der Waals surface area contributed by atoms with Crippen molar-refractivity contribution >= 4 is 17.1 Å². The number of aryl methyl sites for hydroxylation is 1. The highest BCUT2D eigenvalue weighted by Gasteiger charge is 2.22. The Morgan fingerprint density at radius 1 is 1.38 bits per heavy atom. The van der Waals surface area contributed by atoms with Gasteiger partial charge in [0.25, 0.3) is 0 Å². The van der Waals surface area contributed by atoms with Crippen LogP contribution in [0.2, 0.25) is 0 Å². The zero-order valence-electron chi connectivity index (χ0n) is 7.12. The molecule has 0 radical (unpaired) electrons. The summed E-state index contributed by atoms with van der Waals surface area (Å²) < 4.78 is 5.63. The number of fused-ring (bicyclic) bond motifs is 2. The van der Waals surface area contributed by atoms with E-state index in [1.165, 1.54) is 16.1 Å². The molecule has 2 nitrogen and oxygen atoms in total. The molecule has 0 spiro atoms. The first-order valence-corrected chi connectivity index (χ1v) is 5.28. The maximum absolute atomic E-state index is 5.63. The molecular formula is C10H9NOS. The topological polar surface area (TPSA) is 22.1 Å². The van der Waals surface area contributed by atoms with Gasteiger partial charge in [-0.15, -0.1) is 11.3 Å². The predicted octanol–water partition coefficient (Wildman–Crippen LogP) is 2.39. The molecule has 66 valence electrons. The zero-order chi connectivity index (χ0) is 8.67. The molecule has 3 rings (SSSR count). The molecule has 3 heteroatoms. The highest BCUT2D eigenvalue weighted by molar-refractivity contribution is 7.10. The van der Waals surface area contributed by atoms with E-state index in [1.54, 1.807) is 11.3 Å². The summed E-state index contributed by atoms with van der Waals surface area (Å²) in [5, 5.41) is 0. The largest absolute Gasteiger partial charge is 0.488 e. The molecule has 0 atom stereocenters. The predicted molar refractivity (Wildman–Crippen MR) is 52.4 cm³/mol. The van der Waals surface area contributed by atoms with Crippen LogP contribution in [0.3, 0.4) is 0 Å². The quantitative estimate of drug-likeness (QED) is 0.628. The molecule has 13 heavy (non-hydrogen) atoms. The fourth-order valence-corrected chi connectivity index (χ4v) is 2.66. The summed E-state index contributed by atoms with van der Waals surface area (Å²) in [5.41, 5.74) is 4.45. The molecule has 0 aromatic carbocycles. The Morgan fingerprint density at radius 2 is 2.38 bits per heavy atom. The van der Waals surface area contributed by atoms with Crippen LogP contribution in [-0.4, -0.2) is 11.6 Å². The van der Waals surface area contributed by atoms with E-state index in [-0.39, 0.29) is 0 Å².